The van der Waals surface area contributed by atoms with Crippen LogP contribution in [0.5, 0.6) is 0 Å². The molecule has 1 N–H and O–H groups in total. The molecule has 0 bridgehead atoms. The fraction of sp³-hybridized carbons (Fsp3) is 0.500. The zero-order valence-electron chi connectivity index (χ0n) is 18.9. The monoisotopic (exact) mass is 427 g/mol. The Bertz CT molecular complexity index is 873. The topological polar surface area (TPSA) is 75.0 Å². The maximum absolute atomic E-state index is 13.2. The molecule has 168 valence electrons. The Hall–Kier alpha value is -2.80. The zero-order chi connectivity index (χ0) is 22.4. The molecule has 2 aromatic rings. The van der Waals surface area contributed by atoms with Crippen LogP contribution in [0.15, 0.2) is 41.0 Å². The number of nitrogens with zero attached hydrogens (tertiary/aromatic N) is 2. The maximum Gasteiger partial charge on any atom is 0.322 e. The van der Waals surface area contributed by atoms with Crippen molar-refractivity contribution in [3.8, 4) is 0 Å². The Kier molecular flexibility index (Phi) is 7.74. The lowest BCUT2D eigenvalue weighted by atomic mass is 10.1. The van der Waals surface area contributed by atoms with E-state index in [9.17, 15) is 9.59 Å². The second-order valence-electron chi connectivity index (χ2n) is 8.46. The van der Waals surface area contributed by atoms with Crippen molar-refractivity contribution < 1.29 is 18.7 Å². The van der Waals surface area contributed by atoms with E-state index in [4.69, 9.17) is 9.15 Å². The third-order valence-corrected chi connectivity index (χ3v) is 5.54. The minimum atomic E-state index is -0.287. The summed E-state index contributed by atoms with van der Waals surface area (Å²) in [5, 5.41) is 2.95. The van der Waals surface area contributed by atoms with Gasteiger partial charge in [0.2, 0.25) is 5.91 Å². The summed E-state index contributed by atoms with van der Waals surface area (Å²) in [6.07, 6.45) is 3.56. The van der Waals surface area contributed by atoms with Gasteiger partial charge in [0.15, 0.2) is 0 Å². The first-order valence-corrected chi connectivity index (χ1v) is 10.9. The quantitative estimate of drug-likeness (QED) is 0.680. The second-order valence-corrected chi connectivity index (χ2v) is 8.46. The molecule has 1 aliphatic rings. The van der Waals surface area contributed by atoms with E-state index in [1.807, 2.05) is 58.0 Å². The fourth-order valence-corrected chi connectivity index (χ4v) is 3.75. The maximum atomic E-state index is 13.2. The van der Waals surface area contributed by atoms with Crippen molar-refractivity contribution in [2.75, 3.05) is 25.0 Å². The van der Waals surface area contributed by atoms with Gasteiger partial charge in [0, 0.05) is 24.9 Å². The number of anilines is 1. The van der Waals surface area contributed by atoms with Gasteiger partial charge >= 0.3 is 6.03 Å². The molecular weight excluding hydrogens is 394 g/mol. The van der Waals surface area contributed by atoms with Crippen molar-refractivity contribution in [1.82, 2.24) is 9.80 Å². The molecule has 0 unspecified atom stereocenters. The van der Waals surface area contributed by atoms with Crippen molar-refractivity contribution in [2.45, 2.75) is 59.2 Å². The molecule has 31 heavy (non-hydrogen) atoms. The van der Waals surface area contributed by atoms with Crippen molar-refractivity contribution in [2.24, 2.45) is 0 Å². The van der Waals surface area contributed by atoms with Gasteiger partial charge in [-0.25, -0.2) is 4.79 Å². The number of carbonyl (C=O) groups excluding carboxylic acids is 2. The van der Waals surface area contributed by atoms with Crippen LogP contribution in [0.2, 0.25) is 0 Å². The predicted octanol–water partition coefficient (Wildman–Crippen LogP) is 4.35. The Labute approximate surface area is 184 Å². The van der Waals surface area contributed by atoms with Crippen molar-refractivity contribution >= 4 is 17.6 Å². The van der Waals surface area contributed by atoms with Crippen LogP contribution in [0, 0.1) is 13.8 Å². The van der Waals surface area contributed by atoms with Crippen LogP contribution < -0.4 is 5.32 Å². The SMILES string of the molecule is Cc1ccc(NC(=O)N(CC(=O)N(Cc2ccco2)C[C@H]2CCCO2)C(C)C)c(C)c1. The minimum Gasteiger partial charge on any atom is -0.467 e. The van der Waals surface area contributed by atoms with Crippen LogP contribution in [0.1, 0.15) is 43.6 Å². The normalized spacial score (nSPS) is 15.8. The molecule has 1 fully saturated rings. The number of urea groups is 1. The number of nitrogens with one attached hydrogen (secondary N) is 1. The smallest absolute Gasteiger partial charge is 0.322 e. The van der Waals surface area contributed by atoms with Crippen LogP contribution in [0.4, 0.5) is 10.5 Å². The van der Waals surface area contributed by atoms with Gasteiger partial charge < -0.3 is 24.3 Å². The van der Waals surface area contributed by atoms with E-state index in [0.29, 0.717) is 18.8 Å². The molecule has 3 amide bonds. The standard InChI is InChI=1S/C24H33N3O4/c1-17(2)27(24(29)25-22-10-9-18(3)13-19(22)4)16-23(28)26(14-20-7-5-11-30-20)15-21-8-6-12-31-21/h5,7,9-11,13,17,21H,6,8,12,14-16H2,1-4H3,(H,25,29)/t21-/m1/s1. The predicted molar refractivity (Wildman–Crippen MR) is 120 cm³/mol. The molecule has 0 spiro atoms. The third-order valence-electron chi connectivity index (χ3n) is 5.54. The van der Waals surface area contributed by atoms with Gasteiger partial charge in [0.25, 0.3) is 0 Å². The summed E-state index contributed by atoms with van der Waals surface area (Å²) in [7, 11) is 0. The number of furan rings is 1. The van der Waals surface area contributed by atoms with E-state index < -0.39 is 0 Å². The molecule has 1 atom stereocenters. The summed E-state index contributed by atoms with van der Waals surface area (Å²) in [5.74, 6) is 0.582. The summed E-state index contributed by atoms with van der Waals surface area (Å²) in [6, 6.07) is 9.11. The Morgan fingerprint density at radius 3 is 2.65 bits per heavy atom. The molecule has 3 rings (SSSR count). The van der Waals surface area contributed by atoms with E-state index in [-0.39, 0.29) is 30.6 Å². The minimum absolute atomic E-state index is 0.0121. The number of aryl methyl sites for hydroxylation is 2. The van der Waals surface area contributed by atoms with Crippen LogP contribution in [-0.4, -0.2) is 53.6 Å². The molecule has 1 saturated heterocycles. The van der Waals surface area contributed by atoms with E-state index in [1.54, 1.807) is 16.1 Å². The number of hydrogen-bond donors (Lipinski definition) is 1. The molecule has 7 heteroatoms. The first kappa shape index (κ1) is 22.9. The second kappa shape index (κ2) is 10.5. The average molecular weight is 428 g/mol. The summed E-state index contributed by atoms with van der Waals surface area (Å²) in [6.45, 7) is 9.35. The molecule has 1 aliphatic heterocycles. The summed E-state index contributed by atoms with van der Waals surface area (Å²) in [5.41, 5.74) is 2.87. The number of carbonyl (C=O) groups is 2. The molecular formula is C24H33N3O4. The van der Waals surface area contributed by atoms with E-state index in [1.165, 1.54) is 0 Å². The number of benzene rings is 1. The lowest BCUT2D eigenvalue weighted by Gasteiger charge is -2.31. The molecule has 0 saturated carbocycles. The van der Waals surface area contributed by atoms with Gasteiger partial charge in [-0.05, 0) is 64.3 Å². The van der Waals surface area contributed by atoms with Gasteiger partial charge in [-0.3, -0.25) is 4.79 Å². The molecule has 0 radical (unpaired) electrons. The first-order valence-electron chi connectivity index (χ1n) is 10.9. The molecule has 1 aromatic carbocycles. The van der Waals surface area contributed by atoms with E-state index in [2.05, 4.69) is 5.32 Å². The highest BCUT2D eigenvalue weighted by molar-refractivity contribution is 5.93. The Morgan fingerprint density at radius 1 is 1.23 bits per heavy atom. The lowest BCUT2D eigenvalue weighted by molar-refractivity contribution is -0.134. The van der Waals surface area contributed by atoms with Gasteiger partial charge in [0.05, 0.1) is 18.9 Å². The van der Waals surface area contributed by atoms with Crippen molar-refractivity contribution in [3.63, 3.8) is 0 Å². The highest BCUT2D eigenvalue weighted by Gasteiger charge is 2.27. The van der Waals surface area contributed by atoms with Crippen LogP contribution in [-0.2, 0) is 16.1 Å². The summed E-state index contributed by atoms with van der Waals surface area (Å²) < 4.78 is 11.2. The van der Waals surface area contributed by atoms with Crippen LogP contribution >= 0.6 is 0 Å². The first-order chi connectivity index (χ1) is 14.8. The fourth-order valence-electron chi connectivity index (χ4n) is 3.75. The Morgan fingerprint density at radius 2 is 2.03 bits per heavy atom. The zero-order valence-corrected chi connectivity index (χ0v) is 18.9. The highest BCUT2D eigenvalue weighted by Crippen LogP contribution is 2.19. The number of ether oxygens (including phenoxy) is 1. The van der Waals surface area contributed by atoms with Crippen molar-refractivity contribution in [3.05, 3.63) is 53.5 Å². The van der Waals surface area contributed by atoms with Crippen LogP contribution in [0.25, 0.3) is 0 Å². The number of hydrogen-bond acceptors (Lipinski definition) is 4. The van der Waals surface area contributed by atoms with Crippen LogP contribution in [0.3, 0.4) is 0 Å². The van der Waals surface area contributed by atoms with Gasteiger partial charge in [0.1, 0.15) is 12.3 Å². The molecule has 0 aliphatic carbocycles. The van der Waals surface area contributed by atoms with Gasteiger partial charge in [-0.1, -0.05) is 17.7 Å². The highest BCUT2D eigenvalue weighted by atomic mass is 16.5. The average Bonchev–Trinajstić information content (AvgIpc) is 3.41. The summed E-state index contributed by atoms with van der Waals surface area (Å²) in [4.78, 5) is 29.6. The number of rotatable bonds is 8. The molecule has 2 heterocycles. The van der Waals surface area contributed by atoms with Gasteiger partial charge in [-0.15, -0.1) is 0 Å². The summed E-state index contributed by atoms with van der Waals surface area (Å²) >= 11 is 0. The van der Waals surface area contributed by atoms with E-state index in [0.717, 1.165) is 36.3 Å². The van der Waals surface area contributed by atoms with Crippen molar-refractivity contribution in [1.29, 1.82) is 0 Å². The Balaban J connectivity index is 1.70. The largest absolute Gasteiger partial charge is 0.467 e. The number of amides is 3. The third kappa shape index (κ3) is 6.34. The van der Waals surface area contributed by atoms with E-state index >= 15 is 0 Å². The van der Waals surface area contributed by atoms with Gasteiger partial charge in [-0.2, -0.15) is 0 Å². The lowest BCUT2D eigenvalue weighted by Crippen LogP contribution is -2.48. The molecule has 7 nitrogen and oxygen atoms in total. The molecule has 1 aromatic heterocycles.